The van der Waals surface area contributed by atoms with Gasteiger partial charge in [0, 0.05) is 11.5 Å². The van der Waals surface area contributed by atoms with Crippen LogP contribution in [0.4, 0.5) is 5.69 Å². The van der Waals surface area contributed by atoms with Crippen molar-refractivity contribution in [1.29, 1.82) is 0 Å². The Hall–Kier alpha value is -2.01. The largest absolute Gasteiger partial charge is 0.506 e. The molecule has 0 saturated carbocycles. The van der Waals surface area contributed by atoms with Gasteiger partial charge in [-0.25, -0.2) is 4.79 Å². The van der Waals surface area contributed by atoms with Gasteiger partial charge in [-0.2, -0.15) is 0 Å². The monoisotopic (exact) mass is 253 g/mol. The molecule has 17 heavy (non-hydrogen) atoms. The Balaban J connectivity index is 2.63. The summed E-state index contributed by atoms with van der Waals surface area (Å²) in [4.78, 5) is 22.2. The van der Waals surface area contributed by atoms with Crippen LogP contribution >= 0.6 is 11.6 Å². The molecule has 2 aromatic rings. The smallest absolute Gasteiger partial charge is 0.336 e. The maximum absolute atomic E-state index is 11.2. The number of hydrogen-bond donors (Lipinski definition) is 2. The van der Waals surface area contributed by atoms with Crippen LogP contribution in [0.3, 0.4) is 0 Å². The molecule has 0 saturated heterocycles. The number of carbonyl (C=O) groups excluding carboxylic acids is 1. The quantitative estimate of drug-likeness (QED) is 0.485. The van der Waals surface area contributed by atoms with E-state index in [-0.39, 0.29) is 22.9 Å². The molecule has 0 fully saturated rings. The average molecular weight is 254 g/mol. The number of carbonyl (C=O) groups is 1. The number of anilines is 1. The zero-order valence-electron chi connectivity index (χ0n) is 8.57. The van der Waals surface area contributed by atoms with E-state index >= 15 is 0 Å². The zero-order chi connectivity index (χ0) is 12.4. The Bertz CT molecular complexity index is 635. The molecule has 0 bridgehead atoms. The van der Waals surface area contributed by atoms with E-state index in [1.54, 1.807) is 0 Å². The topological polar surface area (TPSA) is 79.5 Å². The summed E-state index contributed by atoms with van der Waals surface area (Å²) in [5.41, 5.74) is -0.0464. The van der Waals surface area contributed by atoms with Crippen LogP contribution in [0.2, 0.25) is 0 Å². The molecule has 1 aromatic heterocycles. The summed E-state index contributed by atoms with van der Waals surface area (Å²) < 4.78 is 4.92. The molecule has 0 aliphatic rings. The number of phenols is 1. The van der Waals surface area contributed by atoms with Gasteiger partial charge in [0.25, 0.3) is 0 Å². The van der Waals surface area contributed by atoms with Crippen molar-refractivity contribution in [2.45, 2.75) is 0 Å². The van der Waals surface area contributed by atoms with Crippen molar-refractivity contribution in [2.24, 2.45) is 0 Å². The molecule has 0 atom stereocenters. The molecule has 1 aromatic carbocycles. The maximum Gasteiger partial charge on any atom is 0.336 e. The number of amides is 1. The first-order valence-corrected chi connectivity index (χ1v) is 5.27. The lowest BCUT2D eigenvalue weighted by atomic mass is 10.2. The lowest BCUT2D eigenvalue weighted by Gasteiger charge is -2.08. The fraction of sp³-hybridized carbons (Fsp3) is 0.0909. The van der Waals surface area contributed by atoms with Gasteiger partial charge in [-0.1, -0.05) is 0 Å². The van der Waals surface area contributed by atoms with Gasteiger partial charge in [-0.15, -0.1) is 11.6 Å². The van der Waals surface area contributed by atoms with E-state index in [0.717, 1.165) is 0 Å². The minimum atomic E-state index is -0.502. The normalized spacial score (nSPS) is 10.4. The Morgan fingerprint density at radius 1 is 1.35 bits per heavy atom. The van der Waals surface area contributed by atoms with Crippen molar-refractivity contribution in [2.75, 3.05) is 11.2 Å². The van der Waals surface area contributed by atoms with Crippen LogP contribution in [0, 0.1) is 0 Å². The van der Waals surface area contributed by atoms with Gasteiger partial charge < -0.3 is 14.8 Å². The van der Waals surface area contributed by atoms with Crippen molar-refractivity contribution < 1.29 is 14.3 Å². The van der Waals surface area contributed by atoms with Crippen LogP contribution in [0.1, 0.15) is 0 Å². The second-order valence-electron chi connectivity index (χ2n) is 3.31. The molecule has 1 heterocycles. The molecule has 1 amide bonds. The number of benzene rings is 1. The highest BCUT2D eigenvalue weighted by atomic mass is 35.5. The van der Waals surface area contributed by atoms with Gasteiger partial charge in [-0.05, 0) is 18.2 Å². The number of hydrogen-bond acceptors (Lipinski definition) is 4. The first-order valence-electron chi connectivity index (χ1n) is 4.73. The van der Waals surface area contributed by atoms with Crippen LogP contribution < -0.4 is 10.9 Å². The summed E-state index contributed by atoms with van der Waals surface area (Å²) >= 11 is 5.36. The van der Waals surface area contributed by atoms with Gasteiger partial charge in [0.1, 0.15) is 17.2 Å². The van der Waals surface area contributed by atoms with Crippen molar-refractivity contribution in [3.8, 4) is 5.75 Å². The van der Waals surface area contributed by atoms with Crippen LogP contribution in [-0.2, 0) is 4.79 Å². The molecule has 0 aliphatic carbocycles. The highest BCUT2D eigenvalue weighted by Crippen LogP contribution is 2.31. The van der Waals surface area contributed by atoms with E-state index < -0.39 is 11.5 Å². The molecule has 88 valence electrons. The number of fused-ring (bicyclic) bond motifs is 1. The second-order valence-corrected chi connectivity index (χ2v) is 3.57. The Morgan fingerprint density at radius 2 is 2.12 bits per heavy atom. The van der Waals surface area contributed by atoms with Gasteiger partial charge in [0.15, 0.2) is 0 Å². The van der Waals surface area contributed by atoms with Crippen molar-refractivity contribution in [3.05, 3.63) is 34.7 Å². The van der Waals surface area contributed by atoms with Gasteiger partial charge >= 0.3 is 5.63 Å². The van der Waals surface area contributed by atoms with E-state index in [9.17, 15) is 14.7 Å². The summed E-state index contributed by atoms with van der Waals surface area (Å²) in [6.07, 6.45) is 0. The minimum absolute atomic E-state index is 0.121. The van der Waals surface area contributed by atoms with Crippen LogP contribution in [0.15, 0.2) is 33.5 Å². The predicted octanol–water partition coefficient (Wildman–Crippen LogP) is 1.68. The lowest BCUT2D eigenvalue weighted by Crippen LogP contribution is -2.13. The number of alkyl halides is 1. The van der Waals surface area contributed by atoms with Gasteiger partial charge in [0.2, 0.25) is 5.91 Å². The molecule has 0 unspecified atom stereocenters. The molecule has 0 spiro atoms. The summed E-state index contributed by atoms with van der Waals surface area (Å²) in [6, 6.07) is 5.44. The summed E-state index contributed by atoms with van der Waals surface area (Å²) in [5, 5.41) is 12.5. The fourth-order valence-electron chi connectivity index (χ4n) is 1.44. The average Bonchev–Trinajstić information content (AvgIpc) is 2.32. The molecule has 5 nitrogen and oxygen atoms in total. The molecule has 6 heteroatoms. The maximum atomic E-state index is 11.2. The van der Waals surface area contributed by atoms with Crippen LogP contribution in [-0.4, -0.2) is 16.9 Å². The van der Waals surface area contributed by atoms with E-state index in [0.29, 0.717) is 5.39 Å². The second kappa shape index (κ2) is 4.47. The summed E-state index contributed by atoms with van der Waals surface area (Å²) in [5.74, 6) is -0.808. The standard InChI is InChI=1S/C11H8ClNO4/c12-5-9(15)13-11-6-1-4-10(16)17-8(6)3-2-7(11)14/h1-4,14H,5H2,(H,13,15). The third kappa shape index (κ3) is 2.24. The van der Waals surface area contributed by atoms with Gasteiger partial charge in [0.05, 0.1) is 5.69 Å². The SMILES string of the molecule is O=C(CCl)Nc1c(O)ccc2oc(=O)ccc12. The van der Waals surface area contributed by atoms with Crippen molar-refractivity contribution >= 4 is 34.2 Å². The van der Waals surface area contributed by atoms with E-state index in [4.69, 9.17) is 16.0 Å². The van der Waals surface area contributed by atoms with Crippen molar-refractivity contribution in [3.63, 3.8) is 0 Å². The summed E-state index contributed by atoms with van der Waals surface area (Å²) in [6.45, 7) is 0. The highest BCUT2D eigenvalue weighted by molar-refractivity contribution is 6.29. The lowest BCUT2D eigenvalue weighted by molar-refractivity contribution is -0.113. The number of nitrogens with one attached hydrogen (secondary N) is 1. The third-order valence-corrected chi connectivity index (χ3v) is 2.41. The van der Waals surface area contributed by atoms with Gasteiger partial charge in [-0.3, -0.25) is 4.79 Å². The molecular weight excluding hydrogens is 246 g/mol. The number of aromatic hydroxyl groups is 1. The van der Waals surface area contributed by atoms with E-state index in [1.165, 1.54) is 24.3 Å². The Kier molecular flexibility index (Phi) is 3.01. The number of rotatable bonds is 2. The van der Waals surface area contributed by atoms with Crippen LogP contribution in [0.25, 0.3) is 11.0 Å². The van der Waals surface area contributed by atoms with Crippen molar-refractivity contribution in [1.82, 2.24) is 0 Å². The van der Waals surface area contributed by atoms with Crippen LogP contribution in [0.5, 0.6) is 5.75 Å². The number of halogens is 1. The molecule has 0 aliphatic heterocycles. The van der Waals surface area contributed by atoms with E-state index in [2.05, 4.69) is 5.32 Å². The number of phenolic OH excluding ortho intramolecular Hbond substituents is 1. The first kappa shape index (κ1) is 11.5. The fourth-order valence-corrected chi connectivity index (χ4v) is 1.51. The first-order chi connectivity index (χ1) is 8.11. The minimum Gasteiger partial charge on any atom is -0.506 e. The molecule has 2 rings (SSSR count). The highest BCUT2D eigenvalue weighted by Gasteiger charge is 2.11. The van der Waals surface area contributed by atoms with E-state index in [1.807, 2.05) is 0 Å². The third-order valence-electron chi connectivity index (χ3n) is 2.17. The molecular formula is C11H8ClNO4. The molecule has 0 radical (unpaired) electrons. The predicted molar refractivity (Wildman–Crippen MR) is 63.5 cm³/mol. The Morgan fingerprint density at radius 3 is 2.82 bits per heavy atom. The molecule has 2 N–H and O–H groups in total. The summed E-state index contributed by atoms with van der Waals surface area (Å²) in [7, 11) is 0. The Labute approximate surface area is 101 Å². The zero-order valence-corrected chi connectivity index (χ0v) is 9.32.